The summed E-state index contributed by atoms with van der Waals surface area (Å²) in [7, 11) is -3.75. The van der Waals surface area contributed by atoms with Crippen molar-refractivity contribution in [1.29, 1.82) is 0 Å². The van der Waals surface area contributed by atoms with Gasteiger partial charge in [-0.1, -0.05) is 23.7 Å². The lowest BCUT2D eigenvalue weighted by Gasteiger charge is -2.11. The molecule has 0 atom stereocenters. The minimum Gasteiger partial charge on any atom is -0.397 e. The third kappa shape index (κ3) is 3.63. The molecule has 0 aliphatic carbocycles. The van der Waals surface area contributed by atoms with E-state index >= 15 is 0 Å². The van der Waals surface area contributed by atoms with Gasteiger partial charge in [0.05, 0.1) is 16.3 Å². The standard InChI is InChI=1S/C13H14ClN3O2S/c14-10-3-1-2-9(6-10)8-17-13-7-11(20(16,18)19)4-5-12(13)15/h1-7,17H,8,15H2,(H2,16,18,19). The molecular weight excluding hydrogens is 298 g/mol. The predicted molar refractivity (Wildman–Crippen MR) is 81.0 cm³/mol. The van der Waals surface area contributed by atoms with Gasteiger partial charge in [0.1, 0.15) is 0 Å². The number of hydrogen-bond donors (Lipinski definition) is 3. The molecule has 0 radical (unpaired) electrons. The molecule has 20 heavy (non-hydrogen) atoms. The summed E-state index contributed by atoms with van der Waals surface area (Å²) in [5.74, 6) is 0. The van der Waals surface area contributed by atoms with Crippen molar-refractivity contribution >= 4 is 33.0 Å². The molecule has 0 bridgehead atoms. The van der Waals surface area contributed by atoms with E-state index in [9.17, 15) is 8.42 Å². The van der Waals surface area contributed by atoms with E-state index in [2.05, 4.69) is 5.32 Å². The van der Waals surface area contributed by atoms with Crippen LogP contribution in [0.5, 0.6) is 0 Å². The van der Waals surface area contributed by atoms with Crippen LogP contribution in [0.2, 0.25) is 5.02 Å². The average molecular weight is 312 g/mol. The van der Waals surface area contributed by atoms with Crippen molar-refractivity contribution in [2.24, 2.45) is 5.14 Å². The van der Waals surface area contributed by atoms with Gasteiger partial charge in [0.2, 0.25) is 10.0 Å². The van der Waals surface area contributed by atoms with E-state index in [1.807, 2.05) is 18.2 Å². The molecular formula is C13H14ClN3O2S. The van der Waals surface area contributed by atoms with Crippen LogP contribution in [-0.2, 0) is 16.6 Å². The Bertz CT molecular complexity index is 732. The summed E-state index contributed by atoms with van der Waals surface area (Å²) in [6, 6.07) is 11.6. The monoisotopic (exact) mass is 311 g/mol. The van der Waals surface area contributed by atoms with E-state index in [1.165, 1.54) is 18.2 Å². The topological polar surface area (TPSA) is 98.2 Å². The molecule has 0 unspecified atom stereocenters. The van der Waals surface area contributed by atoms with Crippen LogP contribution in [0.25, 0.3) is 0 Å². The first-order valence-electron chi connectivity index (χ1n) is 5.77. The van der Waals surface area contributed by atoms with Gasteiger partial charge in [-0.05, 0) is 35.9 Å². The van der Waals surface area contributed by atoms with Gasteiger partial charge in [0.15, 0.2) is 0 Å². The van der Waals surface area contributed by atoms with Crippen LogP contribution in [0.15, 0.2) is 47.4 Å². The molecule has 106 valence electrons. The van der Waals surface area contributed by atoms with E-state index in [0.717, 1.165) is 5.56 Å². The maximum absolute atomic E-state index is 11.3. The molecule has 0 spiro atoms. The van der Waals surface area contributed by atoms with Gasteiger partial charge in [0.25, 0.3) is 0 Å². The molecule has 0 fully saturated rings. The van der Waals surface area contributed by atoms with Crippen LogP contribution in [0, 0.1) is 0 Å². The second kappa shape index (κ2) is 5.70. The number of sulfonamides is 1. The Labute approximate surface area is 122 Å². The van der Waals surface area contributed by atoms with Crippen LogP contribution >= 0.6 is 11.6 Å². The largest absolute Gasteiger partial charge is 0.397 e. The number of nitrogens with two attached hydrogens (primary N) is 2. The first kappa shape index (κ1) is 14.6. The summed E-state index contributed by atoms with van der Waals surface area (Å²) in [5.41, 5.74) is 7.71. The molecule has 7 heteroatoms. The quantitative estimate of drug-likeness (QED) is 0.754. The van der Waals surface area contributed by atoms with E-state index in [4.69, 9.17) is 22.5 Å². The minimum absolute atomic E-state index is 0.0142. The average Bonchev–Trinajstić information content (AvgIpc) is 2.36. The second-order valence-electron chi connectivity index (χ2n) is 4.28. The number of nitrogens with one attached hydrogen (secondary N) is 1. The fraction of sp³-hybridized carbons (Fsp3) is 0.0769. The fourth-order valence-electron chi connectivity index (χ4n) is 1.71. The lowest BCUT2D eigenvalue weighted by Crippen LogP contribution is -2.13. The fourth-order valence-corrected chi connectivity index (χ4v) is 2.46. The molecule has 0 aromatic heterocycles. The Morgan fingerprint density at radius 3 is 2.55 bits per heavy atom. The number of rotatable bonds is 4. The molecule has 5 N–H and O–H groups in total. The SMILES string of the molecule is Nc1ccc(S(N)(=O)=O)cc1NCc1cccc(Cl)c1. The lowest BCUT2D eigenvalue weighted by molar-refractivity contribution is 0.598. The van der Waals surface area contributed by atoms with Crippen LogP contribution in [0.4, 0.5) is 11.4 Å². The van der Waals surface area contributed by atoms with Gasteiger partial charge >= 0.3 is 0 Å². The van der Waals surface area contributed by atoms with Gasteiger partial charge in [-0.2, -0.15) is 0 Å². The summed E-state index contributed by atoms with van der Waals surface area (Å²) in [6.45, 7) is 0.471. The second-order valence-corrected chi connectivity index (χ2v) is 6.28. The van der Waals surface area contributed by atoms with Gasteiger partial charge in [0, 0.05) is 11.6 Å². The highest BCUT2D eigenvalue weighted by atomic mass is 35.5. The number of halogens is 1. The molecule has 0 heterocycles. The summed E-state index contributed by atoms with van der Waals surface area (Å²) < 4.78 is 22.6. The maximum Gasteiger partial charge on any atom is 0.238 e. The number of hydrogen-bond acceptors (Lipinski definition) is 4. The smallest absolute Gasteiger partial charge is 0.238 e. The number of anilines is 2. The van der Waals surface area contributed by atoms with Crippen LogP contribution in [-0.4, -0.2) is 8.42 Å². The van der Waals surface area contributed by atoms with E-state index in [-0.39, 0.29) is 4.90 Å². The first-order chi connectivity index (χ1) is 9.36. The van der Waals surface area contributed by atoms with Crippen molar-refractivity contribution in [3.8, 4) is 0 Å². The summed E-state index contributed by atoms with van der Waals surface area (Å²) >= 11 is 5.89. The summed E-state index contributed by atoms with van der Waals surface area (Å²) in [6.07, 6.45) is 0. The van der Waals surface area contributed by atoms with Crippen molar-refractivity contribution < 1.29 is 8.42 Å². The minimum atomic E-state index is -3.75. The maximum atomic E-state index is 11.3. The van der Waals surface area contributed by atoms with E-state index in [1.54, 1.807) is 6.07 Å². The van der Waals surface area contributed by atoms with Crippen molar-refractivity contribution in [1.82, 2.24) is 0 Å². The molecule has 0 aliphatic heterocycles. The zero-order valence-electron chi connectivity index (χ0n) is 10.5. The number of benzene rings is 2. The van der Waals surface area contributed by atoms with Gasteiger partial charge in [-0.15, -0.1) is 0 Å². The highest BCUT2D eigenvalue weighted by molar-refractivity contribution is 7.89. The van der Waals surface area contributed by atoms with Gasteiger partial charge in [-0.3, -0.25) is 0 Å². The van der Waals surface area contributed by atoms with Gasteiger partial charge in [-0.25, -0.2) is 13.6 Å². The van der Waals surface area contributed by atoms with Crippen molar-refractivity contribution in [2.45, 2.75) is 11.4 Å². The van der Waals surface area contributed by atoms with Crippen LogP contribution < -0.4 is 16.2 Å². The van der Waals surface area contributed by atoms with Crippen molar-refractivity contribution in [2.75, 3.05) is 11.1 Å². The number of nitrogen functional groups attached to an aromatic ring is 1. The predicted octanol–water partition coefficient (Wildman–Crippen LogP) is 2.18. The summed E-state index contributed by atoms with van der Waals surface area (Å²) in [4.78, 5) is 0.0142. The lowest BCUT2D eigenvalue weighted by atomic mass is 10.2. The Hall–Kier alpha value is -1.76. The van der Waals surface area contributed by atoms with E-state index in [0.29, 0.717) is 22.9 Å². The van der Waals surface area contributed by atoms with Crippen LogP contribution in [0.3, 0.4) is 0 Å². The molecule has 0 amide bonds. The molecule has 2 aromatic rings. The Morgan fingerprint density at radius 1 is 1.15 bits per heavy atom. The Kier molecular flexibility index (Phi) is 4.17. The van der Waals surface area contributed by atoms with Crippen molar-refractivity contribution in [3.63, 3.8) is 0 Å². The molecule has 5 nitrogen and oxygen atoms in total. The molecule has 2 rings (SSSR count). The molecule has 2 aromatic carbocycles. The summed E-state index contributed by atoms with van der Waals surface area (Å²) in [5, 5.41) is 8.79. The first-order valence-corrected chi connectivity index (χ1v) is 7.69. The van der Waals surface area contributed by atoms with Gasteiger partial charge < -0.3 is 11.1 Å². The zero-order chi connectivity index (χ0) is 14.8. The number of primary sulfonamides is 1. The highest BCUT2D eigenvalue weighted by Crippen LogP contribution is 2.23. The molecule has 0 saturated carbocycles. The van der Waals surface area contributed by atoms with Crippen molar-refractivity contribution in [3.05, 3.63) is 53.1 Å². The van der Waals surface area contributed by atoms with E-state index < -0.39 is 10.0 Å². The van der Waals surface area contributed by atoms with Crippen LogP contribution in [0.1, 0.15) is 5.56 Å². The highest BCUT2D eigenvalue weighted by Gasteiger charge is 2.10. The molecule has 0 aliphatic rings. The normalized spacial score (nSPS) is 11.3. The zero-order valence-corrected chi connectivity index (χ0v) is 12.1. The Morgan fingerprint density at radius 2 is 1.90 bits per heavy atom. The Balaban J connectivity index is 2.21. The molecule has 0 saturated heterocycles. The third-order valence-corrected chi connectivity index (χ3v) is 3.87. The third-order valence-electron chi connectivity index (χ3n) is 2.73.